The third-order valence-corrected chi connectivity index (χ3v) is 3.44. The number of nitrogens with zero attached hydrogens (tertiary/aromatic N) is 1. The van der Waals surface area contributed by atoms with Crippen molar-refractivity contribution in [1.82, 2.24) is 4.90 Å². The molecule has 0 saturated carbocycles. The van der Waals surface area contributed by atoms with E-state index in [0.29, 0.717) is 76.5 Å². The van der Waals surface area contributed by atoms with Crippen molar-refractivity contribution < 1.29 is 28.5 Å². The second-order valence-electron chi connectivity index (χ2n) is 5.86. The van der Waals surface area contributed by atoms with Crippen LogP contribution in [0.15, 0.2) is 18.2 Å². The normalized spacial score (nSPS) is 17.6. The number of rotatable bonds is 3. The van der Waals surface area contributed by atoms with Crippen LogP contribution < -0.4 is 9.47 Å². The summed E-state index contributed by atoms with van der Waals surface area (Å²) in [5, 5.41) is 0. The molecule has 0 fully saturated rings. The van der Waals surface area contributed by atoms with Crippen molar-refractivity contribution in [3.63, 3.8) is 0 Å². The first-order valence-electron chi connectivity index (χ1n) is 8.47. The van der Waals surface area contributed by atoms with Crippen LogP contribution in [0.3, 0.4) is 0 Å². The highest BCUT2D eigenvalue weighted by molar-refractivity contribution is 5.98. The van der Waals surface area contributed by atoms with Gasteiger partial charge in [0.2, 0.25) is 0 Å². The predicted molar refractivity (Wildman–Crippen MR) is 92.8 cm³/mol. The molecule has 7 nitrogen and oxygen atoms in total. The number of ether oxygens (including phenoxy) is 5. The van der Waals surface area contributed by atoms with Crippen molar-refractivity contribution in [3.05, 3.63) is 23.8 Å². The monoisotopic (exact) mass is 353 g/mol. The Morgan fingerprint density at radius 1 is 0.840 bits per heavy atom. The number of carbonyl (C=O) groups is 1. The smallest absolute Gasteiger partial charge is 0.176 e. The molecule has 25 heavy (non-hydrogen) atoms. The van der Waals surface area contributed by atoms with Crippen molar-refractivity contribution in [2.75, 3.05) is 73.5 Å². The van der Waals surface area contributed by atoms with Gasteiger partial charge in [0, 0.05) is 5.56 Å². The van der Waals surface area contributed by atoms with Gasteiger partial charge >= 0.3 is 0 Å². The van der Waals surface area contributed by atoms with Crippen LogP contribution in [-0.2, 0) is 14.2 Å². The van der Waals surface area contributed by atoms with E-state index < -0.39 is 0 Å². The molecular weight excluding hydrogens is 326 g/mol. The van der Waals surface area contributed by atoms with Gasteiger partial charge in [0.15, 0.2) is 17.3 Å². The molecule has 140 valence electrons. The molecule has 0 N–H and O–H groups in total. The zero-order valence-electron chi connectivity index (χ0n) is 15.0. The van der Waals surface area contributed by atoms with Crippen LogP contribution in [0.2, 0.25) is 0 Å². The third kappa shape index (κ3) is 7.39. The van der Waals surface area contributed by atoms with E-state index in [4.69, 9.17) is 23.7 Å². The van der Waals surface area contributed by atoms with E-state index in [1.165, 1.54) is 0 Å². The first-order chi connectivity index (χ1) is 12.2. The van der Waals surface area contributed by atoms with E-state index in [2.05, 4.69) is 0 Å². The fraction of sp³-hybridized carbons (Fsp3) is 0.611. The average Bonchev–Trinajstić information content (AvgIpc) is 2.59. The molecule has 2 rings (SSSR count). The van der Waals surface area contributed by atoms with Crippen LogP contribution in [0, 0.1) is 0 Å². The van der Waals surface area contributed by atoms with Crippen molar-refractivity contribution in [3.8, 4) is 11.5 Å². The number of ketones is 1. The van der Waals surface area contributed by atoms with Gasteiger partial charge in [-0.2, -0.15) is 0 Å². The molecule has 0 aromatic heterocycles. The van der Waals surface area contributed by atoms with Gasteiger partial charge in [0.25, 0.3) is 0 Å². The van der Waals surface area contributed by atoms with E-state index in [-0.39, 0.29) is 5.78 Å². The van der Waals surface area contributed by atoms with E-state index in [1.807, 2.05) is 19.0 Å². The summed E-state index contributed by atoms with van der Waals surface area (Å²) in [6.07, 6.45) is 0. The lowest BCUT2D eigenvalue weighted by molar-refractivity contribution is 0.00708. The van der Waals surface area contributed by atoms with Gasteiger partial charge in [-0.15, -0.1) is 0 Å². The average molecular weight is 353 g/mol. The summed E-state index contributed by atoms with van der Waals surface area (Å²) in [5.74, 6) is 1.17. The van der Waals surface area contributed by atoms with E-state index in [0.717, 1.165) is 0 Å². The molecular formula is C18H27NO6. The number of fused-ring (bicyclic) bond motifs is 1. The maximum Gasteiger partial charge on any atom is 0.176 e. The highest BCUT2D eigenvalue weighted by Crippen LogP contribution is 2.28. The Kier molecular flexibility index (Phi) is 8.68. The fourth-order valence-corrected chi connectivity index (χ4v) is 2.26. The summed E-state index contributed by atoms with van der Waals surface area (Å²) in [5.41, 5.74) is 0.597. The summed E-state index contributed by atoms with van der Waals surface area (Å²) in [4.78, 5) is 14.1. The van der Waals surface area contributed by atoms with Crippen LogP contribution >= 0.6 is 0 Å². The molecule has 1 heterocycles. The van der Waals surface area contributed by atoms with Gasteiger partial charge in [-0.1, -0.05) is 0 Å². The van der Waals surface area contributed by atoms with Gasteiger partial charge in [-0.3, -0.25) is 4.79 Å². The summed E-state index contributed by atoms with van der Waals surface area (Å²) in [6, 6.07) is 5.25. The highest BCUT2D eigenvalue weighted by Gasteiger charge is 2.13. The molecule has 0 saturated heterocycles. The van der Waals surface area contributed by atoms with E-state index in [9.17, 15) is 4.79 Å². The van der Waals surface area contributed by atoms with Crippen LogP contribution in [0.5, 0.6) is 11.5 Å². The fourth-order valence-electron chi connectivity index (χ4n) is 2.26. The molecule has 7 heteroatoms. The van der Waals surface area contributed by atoms with Crippen molar-refractivity contribution in [2.24, 2.45) is 0 Å². The molecule has 0 unspecified atom stereocenters. The molecule has 0 aliphatic carbocycles. The molecule has 0 amide bonds. The van der Waals surface area contributed by atoms with Gasteiger partial charge < -0.3 is 28.6 Å². The summed E-state index contributed by atoms with van der Waals surface area (Å²) in [6.45, 7) is 4.11. The number of carbonyl (C=O) groups excluding carboxylic acids is 1. The molecule has 1 aromatic carbocycles. The van der Waals surface area contributed by atoms with Crippen molar-refractivity contribution >= 4 is 5.78 Å². The van der Waals surface area contributed by atoms with Crippen molar-refractivity contribution in [2.45, 2.75) is 0 Å². The second kappa shape index (κ2) is 11.0. The third-order valence-electron chi connectivity index (χ3n) is 3.44. The molecule has 0 bridgehead atoms. The van der Waals surface area contributed by atoms with Crippen LogP contribution in [0.25, 0.3) is 0 Å². The lowest BCUT2D eigenvalue weighted by Gasteiger charge is -2.15. The Morgan fingerprint density at radius 2 is 1.36 bits per heavy atom. The maximum absolute atomic E-state index is 12.2. The van der Waals surface area contributed by atoms with E-state index in [1.54, 1.807) is 18.2 Å². The quantitative estimate of drug-likeness (QED) is 0.758. The molecule has 0 radical (unpaired) electrons. The standard InChI is InChI=1S/C18H27NO6/c1-19(2)14-16(20)15-3-4-17-18(13-15)25-12-10-23-8-6-21-5-7-22-9-11-24-17/h3-4,13H,5-12,14H2,1-2H3. The summed E-state index contributed by atoms with van der Waals surface area (Å²) < 4.78 is 27.7. The minimum absolute atomic E-state index is 0.0315. The minimum Gasteiger partial charge on any atom is -0.487 e. The first-order valence-corrected chi connectivity index (χ1v) is 8.47. The lowest BCUT2D eigenvalue weighted by Crippen LogP contribution is -2.21. The minimum atomic E-state index is 0.0315. The maximum atomic E-state index is 12.2. The van der Waals surface area contributed by atoms with Gasteiger partial charge in [-0.05, 0) is 32.3 Å². The van der Waals surface area contributed by atoms with Gasteiger partial charge in [0.05, 0.1) is 46.2 Å². The first kappa shape index (κ1) is 19.7. The van der Waals surface area contributed by atoms with Crippen LogP contribution in [0.4, 0.5) is 0 Å². The molecule has 0 atom stereocenters. The highest BCUT2D eigenvalue weighted by atomic mass is 16.6. The predicted octanol–water partition coefficient (Wildman–Crippen LogP) is 1.25. The number of benzene rings is 1. The Hall–Kier alpha value is -1.67. The Balaban J connectivity index is 2.05. The molecule has 1 aliphatic heterocycles. The molecule has 1 aliphatic rings. The van der Waals surface area contributed by atoms with Gasteiger partial charge in [-0.25, -0.2) is 0 Å². The zero-order valence-corrected chi connectivity index (χ0v) is 15.0. The summed E-state index contributed by atoms with van der Waals surface area (Å²) in [7, 11) is 3.72. The number of likely N-dealkylation sites (N-methyl/N-ethyl adjacent to an activating group) is 1. The SMILES string of the molecule is CN(C)CC(=O)c1ccc2c(c1)OCCOCCOCCOCCO2. The largest absolute Gasteiger partial charge is 0.487 e. The summed E-state index contributed by atoms with van der Waals surface area (Å²) >= 11 is 0. The van der Waals surface area contributed by atoms with E-state index >= 15 is 0 Å². The number of hydrogen-bond acceptors (Lipinski definition) is 7. The molecule has 1 aromatic rings. The number of hydrogen-bond donors (Lipinski definition) is 0. The lowest BCUT2D eigenvalue weighted by atomic mass is 10.1. The Bertz CT molecular complexity index is 534. The van der Waals surface area contributed by atoms with Crippen LogP contribution in [-0.4, -0.2) is 84.2 Å². The second-order valence-corrected chi connectivity index (χ2v) is 5.86. The Labute approximate surface area is 148 Å². The van der Waals surface area contributed by atoms with Crippen LogP contribution in [0.1, 0.15) is 10.4 Å². The topological polar surface area (TPSA) is 66.5 Å². The molecule has 0 spiro atoms. The zero-order chi connectivity index (χ0) is 17.9. The number of Topliss-reactive ketones (excluding diaryl/α,β-unsaturated/α-hetero) is 1. The van der Waals surface area contributed by atoms with Gasteiger partial charge in [0.1, 0.15) is 13.2 Å². The van der Waals surface area contributed by atoms with Crippen molar-refractivity contribution in [1.29, 1.82) is 0 Å². The Morgan fingerprint density at radius 3 is 1.92 bits per heavy atom.